The molecule has 1 aliphatic heterocycles. The van der Waals surface area contributed by atoms with Crippen LogP contribution in [0, 0.1) is 11.3 Å². The second-order valence-electron chi connectivity index (χ2n) is 8.60. The molecule has 2 aromatic rings. The molecule has 1 heterocycles. The number of nitriles is 1. The predicted molar refractivity (Wildman–Crippen MR) is 135 cm³/mol. The number of aliphatic hydroxyl groups is 1. The SMILES string of the molecule is CC(C)Oc1ccc(N(C)CCC2(O)CCN(Cc3ccccc3C#N)CC2)cc1.Cl.Cl. The fourth-order valence-corrected chi connectivity index (χ4v) is 3.94. The molecule has 2 aromatic carbocycles. The van der Waals surface area contributed by atoms with Crippen LogP contribution in [0.4, 0.5) is 5.69 Å². The second kappa shape index (κ2) is 12.9. The fraction of sp³-hybridized carbons (Fsp3) is 0.480. The zero-order valence-electron chi connectivity index (χ0n) is 19.2. The monoisotopic (exact) mass is 479 g/mol. The van der Waals surface area contributed by atoms with Crippen molar-refractivity contribution >= 4 is 30.5 Å². The number of hydrogen-bond donors (Lipinski definition) is 1. The van der Waals surface area contributed by atoms with E-state index in [9.17, 15) is 10.4 Å². The molecule has 32 heavy (non-hydrogen) atoms. The lowest BCUT2D eigenvalue weighted by atomic mass is 9.87. The molecule has 0 radical (unpaired) electrons. The van der Waals surface area contributed by atoms with Crippen LogP contribution in [-0.4, -0.2) is 48.4 Å². The molecule has 0 spiro atoms. The summed E-state index contributed by atoms with van der Waals surface area (Å²) in [6.07, 6.45) is 2.44. The summed E-state index contributed by atoms with van der Waals surface area (Å²) in [5, 5.41) is 20.3. The molecule has 1 fully saturated rings. The largest absolute Gasteiger partial charge is 0.491 e. The Kier molecular flexibility index (Phi) is 11.3. The number of ether oxygens (including phenoxy) is 1. The number of rotatable bonds is 8. The van der Waals surface area contributed by atoms with E-state index in [1.54, 1.807) is 0 Å². The van der Waals surface area contributed by atoms with Crippen molar-refractivity contribution in [2.45, 2.75) is 51.4 Å². The highest BCUT2D eigenvalue weighted by Crippen LogP contribution is 2.28. The number of anilines is 1. The smallest absolute Gasteiger partial charge is 0.119 e. The van der Waals surface area contributed by atoms with Crippen molar-refractivity contribution in [1.29, 1.82) is 5.26 Å². The summed E-state index contributed by atoms with van der Waals surface area (Å²) in [6, 6.07) is 18.2. The summed E-state index contributed by atoms with van der Waals surface area (Å²) in [7, 11) is 2.07. The highest BCUT2D eigenvalue weighted by Gasteiger charge is 2.32. The standard InChI is InChI=1S/C25H33N3O2.2ClH/c1-20(2)30-24-10-8-23(9-11-24)27(3)15-12-25(29)13-16-28(17-14-25)19-22-7-5-4-6-21(22)18-26;;/h4-11,20,29H,12-17,19H2,1-3H3;2*1H. The second-order valence-corrected chi connectivity index (χ2v) is 8.60. The van der Waals surface area contributed by atoms with Gasteiger partial charge in [0.2, 0.25) is 0 Å². The summed E-state index contributed by atoms with van der Waals surface area (Å²) >= 11 is 0. The average molecular weight is 480 g/mol. The molecular formula is C25H35Cl2N3O2. The van der Waals surface area contributed by atoms with Crippen molar-refractivity contribution in [1.82, 2.24) is 4.90 Å². The Hall–Kier alpha value is -1.97. The Labute approximate surface area is 204 Å². The topological polar surface area (TPSA) is 59.7 Å². The van der Waals surface area contributed by atoms with Crippen LogP contribution in [0.1, 0.15) is 44.2 Å². The van der Waals surface area contributed by atoms with Crippen LogP contribution in [-0.2, 0) is 6.54 Å². The molecule has 1 aliphatic rings. The maximum atomic E-state index is 11.1. The van der Waals surface area contributed by atoms with Gasteiger partial charge >= 0.3 is 0 Å². The molecule has 0 unspecified atom stereocenters. The third kappa shape index (κ3) is 7.86. The van der Waals surface area contributed by atoms with Crippen molar-refractivity contribution in [2.75, 3.05) is 31.6 Å². The highest BCUT2D eigenvalue weighted by molar-refractivity contribution is 5.85. The molecule has 0 atom stereocenters. The van der Waals surface area contributed by atoms with Crippen LogP contribution >= 0.6 is 24.8 Å². The minimum Gasteiger partial charge on any atom is -0.491 e. The van der Waals surface area contributed by atoms with Gasteiger partial charge in [-0.3, -0.25) is 4.90 Å². The number of benzene rings is 2. The summed E-state index contributed by atoms with van der Waals surface area (Å²) in [6.45, 7) is 7.31. The van der Waals surface area contributed by atoms with E-state index in [2.05, 4.69) is 35.0 Å². The van der Waals surface area contributed by atoms with Gasteiger partial charge in [-0.2, -0.15) is 5.26 Å². The molecule has 0 amide bonds. The first-order chi connectivity index (χ1) is 14.4. The van der Waals surface area contributed by atoms with Gasteiger partial charge in [-0.1, -0.05) is 18.2 Å². The first-order valence-electron chi connectivity index (χ1n) is 10.8. The molecule has 1 N–H and O–H groups in total. The minimum absolute atomic E-state index is 0. The Morgan fingerprint density at radius 2 is 1.72 bits per heavy atom. The highest BCUT2D eigenvalue weighted by atomic mass is 35.5. The lowest BCUT2D eigenvalue weighted by Gasteiger charge is -2.39. The molecule has 0 aliphatic carbocycles. The van der Waals surface area contributed by atoms with Gasteiger partial charge in [-0.05, 0) is 69.0 Å². The molecule has 5 nitrogen and oxygen atoms in total. The zero-order valence-corrected chi connectivity index (χ0v) is 20.8. The molecule has 176 valence electrons. The number of piperidine rings is 1. The zero-order chi connectivity index (χ0) is 21.6. The van der Waals surface area contributed by atoms with Crippen LogP contribution in [0.5, 0.6) is 5.75 Å². The van der Waals surface area contributed by atoms with Crippen LogP contribution < -0.4 is 9.64 Å². The van der Waals surface area contributed by atoms with E-state index in [1.807, 2.05) is 50.2 Å². The van der Waals surface area contributed by atoms with E-state index in [1.165, 1.54) is 0 Å². The van der Waals surface area contributed by atoms with Gasteiger partial charge in [-0.25, -0.2) is 0 Å². The van der Waals surface area contributed by atoms with Gasteiger partial charge in [0, 0.05) is 38.9 Å². The van der Waals surface area contributed by atoms with Crippen LogP contribution in [0.25, 0.3) is 0 Å². The minimum atomic E-state index is -0.625. The van der Waals surface area contributed by atoms with Gasteiger partial charge in [-0.15, -0.1) is 24.8 Å². The van der Waals surface area contributed by atoms with E-state index in [-0.39, 0.29) is 30.9 Å². The third-order valence-corrected chi connectivity index (χ3v) is 5.88. The number of hydrogen-bond acceptors (Lipinski definition) is 5. The van der Waals surface area contributed by atoms with Crippen molar-refractivity contribution < 1.29 is 9.84 Å². The first-order valence-corrected chi connectivity index (χ1v) is 10.8. The number of halogens is 2. The Morgan fingerprint density at radius 3 is 2.31 bits per heavy atom. The first kappa shape index (κ1) is 28.1. The van der Waals surface area contributed by atoms with Crippen molar-refractivity contribution in [3.8, 4) is 11.8 Å². The maximum Gasteiger partial charge on any atom is 0.119 e. The van der Waals surface area contributed by atoms with Crippen LogP contribution in [0.2, 0.25) is 0 Å². The molecular weight excluding hydrogens is 445 g/mol. The predicted octanol–water partition coefficient (Wildman–Crippen LogP) is 5.04. The van der Waals surface area contributed by atoms with Gasteiger partial charge in [0.1, 0.15) is 5.75 Å². The van der Waals surface area contributed by atoms with E-state index < -0.39 is 5.60 Å². The molecule has 1 saturated heterocycles. The molecule has 0 bridgehead atoms. The van der Waals surface area contributed by atoms with Crippen molar-refractivity contribution in [2.24, 2.45) is 0 Å². The van der Waals surface area contributed by atoms with Gasteiger partial charge in [0.25, 0.3) is 0 Å². The molecule has 0 saturated carbocycles. The summed E-state index contributed by atoms with van der Waals surface area (Å²) in [4.78, 5) is 4.52. The Bertz CT molecular complexity index is 860. The van der Waals surface area contributed by atoms with Gasteiger partial charge in [0.15, 0.2) is 0 Å². The molecule has 7 heteroatoms. The lowest BCUT2D eigenvalue weighted by molar-refractivity contribution is -0.0275. The summed E-state index contributed by atoms with van der Waals surface area (Å²) < 4.78 is 5.71. The Morgan fingerprint density at radius 1 is 1.09 bits per heavy atom. The van der Waals surface area contributed by atoms with Gasteiger partial charge < -0.3 is 14.7 Å². The quantitative estimate of drug-likeness (QED) is 0.574. The lowest BCUT2D eigenvalue weighted by Crippen LogP contribution is -2.45. The van der Waals surface area contributed by atoms with Crippen molar-refractivity contribution in [3.63, 3.8) is 0 Å². The Balaban J connectivity index is 0.00000256. The maximum absolute atomic E-state index is 11.1. The third-order valence-electron chi connectivity index (χ3n) is 5.88. The molecule has 0 aromatic heterocycles. The molecule has 3 rings (SSSR count). The van der Waals surface area contributed by atoms with E-state index >= 15 is 0 Å². The summed E-state index contributed by atoms with van der Waals surface area (Å²) in [5.74, 6) is 0.881. The van der Waals surface area contributed by atoms with E-state index in [0.717, 1.165) is 68.0 Å². The van der Waals surface area contributed by atoms with Crippen molar-refractivity contribution in [3.05, 3.63) is 59.7 Å². The number of likely N-dealkylation sites (tertiary alicyclic amines) is 1. The normalized spacial score (nSPS) is 15.2. The number of nitrogens with zero attached hydrogens (tertiary/aromatic N) is 3. The van der Waals surface area contributed by atoms with Crippen LogP contribution in [0.3, 0.4) is 0 Å². The van der Waals surface area contributed by atoms with E-state index in [0.29, 0.717) is 0 Å². The van der Waals surface area contributed by atoms with Gasteiger partial charge in [0.05, 0.1) is 23.3 Å². The average Bonchev–Trinajstić information content (AvgIpc) is 2.74. The summed E-state index contributed by atoms with van der Waals surface area (Å²) in [5.41, 5.74) is 2.31. The fourth-order valence-electron chi connectivity index (χ4n) is 3.94. The van der Waals surface area contributed by atoms with E-state index in [4.69, 9.17) is 4.74 Å². The van der Waals surface area contributed by atoms with Crippen LogP contribution in [0.15, 0.2) is 48.5 Å².